The summed E-state index contributed by atoms with van der Waals surface area (Å²) < 4.78 is 2.04. The zero-order valence-corrected chi connectivity index (χ0v) is 12.6. The Balaban J connectivity index is 0.00000112. The third-order valence-electron chi connectivity index (χ3n) is 1.88. The standard InChI is InChI=1S/C9H9Br2N3.BrH/c10-6-2-1-3-7(8(6)11)14-9-12-4-5-13-9;/h1-3H,4-5H2,(H2,12,13,14);1H. The maximum Gasteiger partial charge on any atom is 0.195 e. The van der Waals surface area contributed by atoms with Crippen LogP contribution >= 0.6 is 48.8 Å². The van der Waals surface area contributed by atoms with E-state index in [1.807, 2.05) is 18.2 Å². The number of nitrogens with zero attached hydrogens (tertiary/aromatic N) is 1. The average molecular weight is 400 g/mol. The van der Waals surface area contributed by atoms with Crippen LogP contribution in [0.25, 0.3) is 0 Å². The van der Waals surface area contributed by atoms with Crippen molar-refractivity contribution in [1.82, 2.24) is 5.32 Å². The molecule has 0 saturated heterocycles. The number of nitrogens with one attached hydrogen (secondary N) is 2. The van der Waals surface area contributed by atoms with E-state index in [0.717, 1.165) is 33.7 Å². The van der Waals surface area contributed by atoms with Crippen molar-refractivity contribution in [2.45, 2.75) is 0 Å². The molecule has 1 aliphatic rings. The van der Waals surface area contributed by atoms with Crippen molar-refractivity contribution in [3.8, 4) is 0 Å². The van der Waals surface area contributed by atoms with Crippen molar-refractivity contribution in [2.24, 2.45) is 4.99 Å². The Morgan fingerprint density at radius 2 is 2.13 bits per heavy atom. The zero-order valence-electron chi connectivity index (χ0n) is 7.76. The molecule has 0 amide bonds. The number of aliphatic imine (C=N–C) groups is 1. The second kappa shape index (κ2) is 5.86. The minimum atomic E-state index is 0. The molecular weight excluding hydrogens is 390 g/mol. The molecule has 1 aromatic carbocycles. The fourth-order valence-electron chi connectivity index (χ4n) is 1.21. The number of rotatable bonds is 1. The van der Waals surface area contributed by atoms with E-state index in [2.05, 4.69) is 47.5 Å². The fourth-order valence-corrected chi connectivity index (χ4v) is 1.94. The second-order valence-corrected chi connectivity index (χ2v) is 4.53. The van der Waals surface area contributed by atoms with Crippen LogP contribution in [0.3, 0.4) is 0 Å². The monoisotopic (exact) mass is 397 g/mol. The van der Waals surface area contributed by atoms with Gasteiger partial charge in [0.05, 0.1) is 16.7 Å². The highest BCUT2D eigenvalue weighted by Gasteiger charge is 2.08. The third-order valence-corrected chi connectivity index (χ3v) is 3.93. The summed E-state index contributed by atoms with van der Waals surface area (Å²) in [6, 6.07) is 5.96. The maximum atomic E-state index is 4.26. The van der Waals surface area contributed by atoms with Crippen LogP contribution in [0.2, 0.25) is 0 Å². The van der Waals surface area contributed by atoms with Crippen LogP contribution in [0.4, 0.5) is 5.69 Å². The van der Waals surface area contributed by atoms with Crippen molar-refractivity contribution >= 4 is 60.5 Å². The van der Waals surface area contributed by atoms with Gasteiger partial charge in [0.25, 0.3) is 0 Å². The highest BCUT2D eigenvalue weighted by molar-refractivity contribution is 9.13. The van der Waals surface area contributed by atoms with E-state index in [0.29, 0.717) is 0 Å². The first-order valence-corrected chi connectivity index (χ1v) is 5.85. The Hall–Kier alpha value is -0.0700. The summed E-state index contributed by atoms with van der Waals surface area (Å²) in [4.78, 5) is 4.26. The molecule has 1 aromatic rings. The highest BCUT2D eigenvalue weighted by Crippen LogP contribution is 2.30. The number of hydrogen-bond acceptors (Lipinski definition) is 3. The van der Waals surface area contributed by atoms with E-state index >= 15 is 0 Å². The van der Waals surface area contributed by atoms with Crippen molar-refractivity contribution in [1.29, 1.82) is 0 Å². The van der Waals surface area contributed by atoms with Crippen LogP contribution in [-0.4, -0.2) is 19.0 Å². The lowest BCUT2D eigenvalue weighted by molar-refractivity contribution is 0.959. The van der Waals surface area contributed by atoms with Gasteiger partial charge in [-0.25, -0.2) is 0 Å². The molecule has 0 bridgehead atoms. The van der Waals surface area contributed by atoms with Crippen molar-refractivity contribution in [3.63, 3.8) is 0 Å². The zero-order chi connectivity index (χ0) is 9.97. The lowest BCUT2D eigenvalue weighted by Gasteiger charge is -2.09. The van der Waals surface area contributed by atoms with Crippen molar-refractivity contribution in [3.05, 3.63) is 27.1 Å². The number of hydrogen-bond donors (Lipinski definition) is 2. The first-order chi connectivity index (χ1) is 6.77. The van der Waals surface area contributed by atoms with Gasteiger partial charge in [-0.2, -0.15) is 0 Å². The molecule has 2 N–H and O–H groups in total. The van der Waals surface area contributed by atoms with Crippen LogP contribution in [0.15, 0.2) is 32.1 Å². The van der Waals surface area contributed by atoms with Gasteiger partial charge >= 0.3 is 0 Å². The summed E-state index contributed by atoms with van der Waals surface area (Å²) in [5.74, 6) is 0.837. The molecule has 15 heavy (non-hydrogen) atoms. The summed E-state index contributed by atoms with van der Waals surface area (Å²) in [6.07, 6.45) is 0. The van der Waals surface area contributed by atoms with Gasteiger partial charge < -0.3 is 10.6 Å². The minimum absolute atomic E-state index is 0. The summed E-state index contributed by atoms with van der Waals surface area (Å²) in [6.45, 7) is 1.75. The third kappa shape index (κ3) is 3.19. The maximum absolute atomic E-state index is 4.26. The molecule has 0 aliphatic carbocycles. The van der Waals surface area contributed by atoms with Gasteiger partial charge in [-0.3, -0.25) is 4.99 Å². The molecule has 0 radical (unpaired) electrons. The van der Waals surface area contributed by atoms with E-state index in [1.165, 1.54) is 0 Å². The smallest absolute Gasteiger partial charge is 0.195 e. The minimum Gasteiger partial charge on any atom is -0.354 e. The molecule has 0 saturated carbocycles. The average Bonchev–Trinajstić information content (AvgIpc) is 2.66. The van der Waals surface area contributed by atoms with Crippen LogP contribution in [0, 0.1) is 0 Å². The molecule has 2 rings (SSSR count). The van der Waals surface area contributed by atoms with Crippen LogP contribution < -0.4 is 10.6 Å². The Kier molecular flexibility index (Phi) is 5.08. The lowest BCUT2D eigenvalue weighted by atomic mass is 10.3. The number of anilines is 1. The van der Waals surface area contributed by atoms with Gasteiger partial charge in [-0.1, -0.05) is 6.07 Å². The van der Waals surface area contributed by atoms with Gasteiger partial charge in [0.2, 0.25) is 0 Å². The SMILES string of the molecule is Br.Brc1cccc(NC2=NCCN2)c1Br. The number of benzene rings is 1. The highest BCUT2D eigenvalue weighted by atomic mass is 79.9. The normalized spacial score (nSPS) is 13.9. The summed E-state index contributed by atoms with van der Waals surface area (Å²) in [5.41, 5.74) is 1.01. The first kappa shape index (κ1) is 13.0. The predicted octanol–water partition coefficient (Wildman–Crippen LogP) is 3.16. The van der Waals surface area contributed by atoms with Crippen LogP contribution in [-0.2, 0) is 0 Å². The lowest BCUT2D eigenvalue weighted by Crippen LogP contribution is -2.26. The molecule has 0 spiro atoms. The van der Waals surface area contributed by atoms with Crippen LogP contribution in [0.5, 0.6) is 0 Å². The molecule has 82 valence electrons. The van der Waals surface area contributed by atoms with Gasteiger partial charge in [0, 0.05) is 11.0 Å². The quantitative estimate of drug-likeness (QED) is 0.761. The summed E-state index contributed by atoms with van der Waals surface area (Å²) >= 11 is 6.94. The molecule has 0 aromatic heterocycles. The second-order valence-electron chi connectivity index (χ2n) is 2.88. The van der Waals surface area contributed by atoms with E-state index < -0.39 is 0 Å². The van der Waals surface area contributed by atoms with Gasteiger partial charge in [0.15, 0.2) is 5.96 Å². The molecule has 0 fully saturated rings. The Bertz CT molecular complexity index is 379. The topological polar surface area (TPSA) is 36.4 Å². The molecule has 6 heteroatoms. The van der Waals surface area contributed by atoms with E-state index in [-0.39, 0.29) is 17.0 Å². The first-order valence-electron chi connectivity index (χ1n) is 4.27. The summed E-state index contributed by atoms with van der Waals surface area (Å²) in [5, 5.41) is 6.37. The van der Waals surface area contributed by atoms with Crippen LogP contribution in [0.1, 0.15) is 0 Å². The number of halogens is 3. The number of guanidine groups is 1. The van der Waals surface area contributed by atoms with Gasteiger partial charge in [-0.05, 0) is 44.0 Å². The Labute approximate surface area is 116 Å². The molecule has 0 atom stereocenters. The van der Waals surface area contributed by atoms with Gasteiger partial charge in [-0.15, -0.1) is 17.0 Å². The van der Waals surface area contributed by atoms with Gasteiger partial charge in [0.1, 0.15) is 0 Å². The van der Waals surface area contributed by atoms with E-state index in [9.17, 15) is 0 Å². The Morgan fingerprint density at radius 1 is 1.33 bits per heavy atom. The molecular formula is C9H10Br3N3. The summed E-state index contributed by atoms with van der Waals surface area (Å²) in [7, 11) is 0. The predicted molar refractivity (Wildman–Crippen MR) is 76.1 cm³/mol. The Morgan fingerprint density at radius 3 is 2.80 bits per heavy atom. The molecule has 3 nitrogen and oxygen atoms in total. The molecule has 0 unspecified atom stereocenters. The van der Waals surface area contributed by atoms with E-state index in [4.69, 9.17) is 0 Å². The fraction of sp³-hybridized carbons (Fsp3) is 0.222. The molecule has 1 heterocycles. The van der Waals surface area contributed by atoms with Crippen molar-refractivity contribution in [2.75, 3.05) is 18.4 Å². The largest absolute Gasteiger partial charge is 0.354 e. The molecule has 1 aliphatic heterocycles. The van der Waals surface area contributed by atoms with Crippen molar-refractivity contribution < 1.29 is 0 Å². The van der Waals surface area contributed by atoms with E-state index in [1.54, 1.807) is 0 Å².